The molecule has 2 aliphatic rings. The van der Waals surface area contributed by atoms with Crippen LogP contribution in [0.1, 0.15) is 36.1 Å². The molecule has 1 aromatic heterocycles. The quantitative estimate of drug-likeness (QED) is 0.273. The fourth-order valence-electron chi connectivity index (χ4n) is 5.17. The number of carboxylic acid groups (broad SMARTS) is 1. The molecule has 1 saturated heterocycles. The van der Waals surface area contributed by atoms with E-state index in [1.807, 2.05) is 35.6 Å². The first kappa shape index (κ1) is 30.1. The molecule has 9 nitrogen and oxygen atoms in total. The van der Waals surface area contributed by atoms with Crippen LogP contribution in [0, 0.1) is 0 Å². The zero-order chi connectivity index (χ0) is 29.5. The Morgan fingerprint density at radius 1 is 1.29 bits per heavy atom. The highest BCUT2D eigenvalue weighted by molar-refractivity contribution is 7.19. The first-order chi connectivity index (χ1) is 19.7. The molecule has 3 atom stereocenters. The van der Waals surface area contributed by atoms with E-state index in [4.69, 9.17) is 20.3 Å². The van der Waals surface area contributed by atoms with E-state index in [1.165, 1.54) is 15.0 Å². The number of amides is 1. The summed E-state index contributed by atoms with van der Waals surface area (Å²) in [5, 5.41) is 22.8. The second kappa shape index (κ2) is 13.7. The van der Waals surface area contributed by atoms with E-state index in [-0.39, 0.29) is 6.61 Å². The number of benzene rings is 2. The number of methoxy groups -OCH3 is 1. The number of likely N-dealkylation sites (tertiary alicyclic amines) is 1. The Balaban J connectivity index is 0.000000714. The Morgan fingerprint density at radius 3 is 2.76 bits per heavy atom. The van der Waals surface area contributed by atoms with Gasteiger partial charge < -0.3 is 30.7 Å². The van der Waals surface area contributed by atoms with Crippen LogP contribution in [-0.4, -0.2) is 72.5 Å². The van der Waals surface area contributed by atoms with Crippen LogP contribution >= 0.6 is 11.3 Å². The van der Waals surface area contributed by atoms with Crippen molar-refractivity contribution in [1.29, 1.82) is 0 Å². The second-order valence-corrected chi connectivity index (χ2v) is 11.3. The number of carbonyl (C=O) groups is 2. The standard InChI is InChI=1S/C28H33N3O4S.C3H4O2/c1-17-10-19(26-12-18-6-7-22(34-2)13-27(18)36-26)8-9-31(17)15-21(32)16-35-25-5-3-4-24-23(25)11-20(14-30-24)28(29)33;1-2-3(4)5/h3-7,11-13,17,19,21,30,32H,8-10,14-16H2,1-2H3,(H2,29,33);2H,1H2,(H,4,5)/t17?,19-,21?;/m0./s1. The topological polar surface area (TPSA) is 134 Å². The maximum atomic E-state index is 11.6. The summed E-state index contributed by atoms with van der Waals surface area (Å²) >= 11 is 1.86. The van der Waals surface area contributed by atoms with Gasteiger partial charge in [-0.15, -0.1) is 11.3 Å². The van der Waals surface area contributed by atoms with E-state index in [0.717, 1.165) is 42.5 Å². The minimum atomic E-state index is -0.981. The number of aliphatic hydroxyl groups is 1. The molecule has 0 bridgehead atoms. The first-order valence-electron chi connectivity index (χ1n) is 13.5. The van der Waals surface area contributed by atoms with Crippen LogP contribution in [0.15, 0.2) is 60.7 Å². The Morgan fingerprint density at radius 2 is 2.07 bits per heavy atom. The van der Waals surface area contributed by atoms with E-state index in [1.54, 1.807) is 13.2 Å². The molecule has 2 aromatic carbocycles. The highest BCUT2D eigenvalue weighted by atomic mass is 32.1. The number of thiophene rings is 1. The van der Waals surface area contributed by atoms with E-state index >= 15 is 0 Å². The third kappa shape index (κ3) is 7.66. The third-order valence-electron chi connectivity index (χ3n) is 7.38. The molecule has 5 rings (SSSR count). The molecule has 0 saturated carbocycles. The summed E-state index contributed by atoms with van der Waals surface area (Å²) < 4.78 is 12.6. The van der Waals surface area contributed by atoms with Crippen LogP contribution in [0.5, 0.6) is 11.5 Å². The van der Waals surface area contributed by atoms with Crippen LogP contribution in [-0.2, 0) is 9.59 Å². The number of fused-ring (bicyclic) bond motifs is 2. The number of aliphatic hydroxyl groups excluding tert-OH is 1. The summed E-state index contributed by atoms with van der Waals surface area (Å²) in [7, 11) is 1.70. The fourth-order valence-corrected chi connectivity index (χ4v) is 6.41. The molecular formula is C31H37N3O6S. The van der Waals surface area contributed by atoms with Crippen molar-refractivity contribution in [2.75, 3.05) is 38.7 Å². The second-order valence-electron chi connectivity index (χ2n) is 10.2. The van der Waals surface area contributed by atoms with Gasteiger partial charge in [-0.05, 0) is 80.1 Å². The van der Waals surface area contributed by atoms with E-state index < -0.39 is 18.0 Å². The van der Waals surface area contributed by atoms with Gasteiger partial charge in [-0.3, -0.25) is 9.69 Å². The molecule has 10 heteroatoms. The molecule has 218 valence electrons. The molecule has 0 radical (unpaired) electrons. The van der Waals surface area contributed by atoms with Crippen molar-refractivity contribution in [1.82, 2.24) is 4.90 Å². The maximum Gasteiger partial charge on any atom is 0.327 e. The number of ether oxygens (including phenoxy) is 2. The number of rotatable bonds is 9. The minimum Gasteiger partial charge on any atom is -0.497 e. The summed E-state index contributed by atoms with van der Waals surface area (Å²) in [5.41, 5.74) is 7.64. The van der Waals surface area contributed by atoms with Crippen molar-refractivity contribution in [2.24, 2.45) is 5.73 Å². The van der Waals surface area contributed by atoms with Crippen molar-refractivity contribution >= 4 is 45.1 Å². The Kier molecular flexibility index (Phi) is 10.0. The van der Waals surface area contributed by atoms with Crippen molar-refractivity contribution in [3.05, 3.63) is 71.1 Å². The number of hydrogen-bond donors (Lipinski definition) is 4. The average Bonchev–Trinajstić information content (AvgIpc) is 3.40. The zero-order valence-electron chi connectivity index (χ0n) is 23.3. The summed E-state index contributed by atoms with van der Waals surface area (Å²) in [6.45, 7) is 7.29. The first-order valence-corrected chi connectivity index (χ1v) is 14.3. The van der Waals surface area contributed by atoms with Gasteiger partial charge in [0.25, 0.3) is 0 Å². The van der Waals surface area contributed by atoms with Gasteiger partial charge in [0.15, 0.2) is 0 Å². The van der Waals surface area contributed by atoms with Crippen LogP contribution in [0.25, 0.3) is 16.2 Å². The van der Waals surface area contributed by atoms with Gasteiger partial charge in [0.1, 0.15) is 24.2 Å². The molecule has 1 fully saturated rings. The van der Waals surface area contributed by atoms with Crippen LogP contribution in [0.3, 0.4) is 0 Å². The Hall–Kier alpha value is -3.86. The van der Waals surface area contributed by atoms with Crippen LogP contribution < -0.4 is 20.5 Å². The number of nitrogens with zero attached hydrogens (tertiary/aromatic N) is 1. The number of carboxylic acids is 1. The zero-order valence-corrected chi connectivity index (χ0v) is 24.2. The predicted octanol–water partition coefficient (Wildman–Crippen LogP) is 4.47. The number of primary amides is 1. The van der Waals surface area contributed by atoms with Crippen molar-refractivity contribution in [3.8, 4) is 11.5 Å². The monoisotopic (exact) mass is 579 g/mol. The number of β-amino-alcohol motifs (C(OH)–C–C–N with tert-alkyl or cyclic N) is 1. The number of anilines is 1. The lowest BCUT2D eigenvalue weighted by atomic mass is 9.90. The van der Waals surface area contributed by atoms with Crippen molar-refractivity contribution in [2.45, 2.75) is 37.8 Å². The lowest BCUT2D eigenvalue weighted by molar-refractivity contribution is -0.131. The largest absolute Gasteiger partial charge is 0.497 e. The van der Waals surface area contributed by atoms with Crippen molar-refractivity contribution < 1.29 is 29.3 Å². The minimum absolute atomic E-state index is 0.182. The van der Waals surface area contributed by atoms with Gasteiger partial charge in [0, 0.05) is 51.6 Å². The highest BCUT2D eigenvalue weighted by Crippen LogP contribution is 2.39. The van der Waals surface area contributed by atoms with Crippen LogP contribution in [0.2, 0.25) is 0 Å². The van der Waals surface area contributed by atoms with Gasteiger partial charge >= 0.3 is 5.97 Å². The molecule has 2 unspecified atom stereocenters. The molecule has 41 heavy (non-hydrogen) atoms. The summed E-state index contributed by atoms with van der Waals surface area (Å²) in [4.78, 5) is 24.6. The Labute approximate surface area is 243 Å². The molecule has 2 aliphatic heterocycles. The summed E-state index contributed by atoms with van der Waals surface area (Å²) in [6.07, 6.45) is 4.12. The molecule has 3 aromatic rings. The summed E-state index contributed by atoms with van der Waals surface area (Å²) in [6, 6.07) is 14.6. The summed E-state index contributed by atoms with van der Waals surface area (Å²) in [5.74, 6) is 0.626. The van der Waals surface area contributed by atoms with Crippen LogP contribution in [0.4, 0.5) is 5.69 Å². The molecule has 5 N–H and O–H groups in total. The number of nitrogens with two attached hydrogens (primary N) is 1. The van der Waals surface area contributed by atoms with Gasteiger partial charge in [0.05, 0.1) is 7.11 Å². The lowest BCUT2D eigenvalue weighted by Gasteiger charge is -2.38. The maximum absolute atomic E-state index is 11.6. The van der Waals surface area contributed by atoms with Gasteiger partial charge in [-0.2, -0.15) is 0 Å². The Bertz CT molecular complexity index is 1430. The number of carbonyl (C=O) groups excluding carboxylic acids is 1. The highest BCUT2D eigenvalue weighted by Gasteiger charge is 2.29. The fraction of sp³-hybridized carbons (Fsp3) is 0.355. The molecule has 0 aliphatic carbocycles. The predicted molar refractivity (Wildman–Crippen MR) is 163 cm³/mol. The van der Waals surface area contributed by atoms with Gasteiger partial charge in [0.2, 0.25) is 5.91 Å². The molecule has 3 heterocycles. The van der Waals surface area contributed by atoms with E-state index in [0.29, 0.717) is 36.4 Å². The number of aliphatic carboxylic acids is 1. The number of hydrogen-bond acceptors (Lipinski definition) is 8. The lowest BCUT2D eigenvalue weighted by Crippen LogP contribution is -2.45. The SMILES string of the molecule is C=CC(=O)O.COc1ccc2cc([C@H]3CCN(CC(O)COc4cccc5c4C=C(C(N)=O)CN5)C(C)C3)sc2c1. The van der Waals surface area contributed by atoms with E-state index in [9.17, 15) is 14.7 Å². The molecular weight excluding hydrogens is 542 g/mol. The smallest absolute Gasteiger partial charge is 0.327 e. The molecule has 0 spiro atoms. The molecule has 1 amide bonds. The van der Waals surface area contributed by atoms with E-state index in [2.05, 4.69) is 41.9 Å². The van der Waals surface area contributed by atoms with Crippen molar-refractivity contribution in [3.63, 3.8) is 0 Å². The number of nitrogens with one attached hydrogen (secondary N) is 1. The number of piperidine rings is 1. The average molecular weight is 580 g/mol. The van der Waals surface area contributed by atoms with Gasteiger partial charge in [-0.25, -0.2) is 4.79 Å². The van der Waals surface area contributed by atoms with Gasteiger partial charge in [-0.1, -0.05) is 12.6 Å². The third-order valence-corrected chi connectivity index (χ3v) is 8.64. The normalized spacial score (nSPS) is 19.0.